The van der Waals surface area contributed by atoms with Crippen molar-refractivity contribution in [3.63, 3.8) is 0 Å². The maximum absolute atomic E-state index is 13.4. The number of aliphatic hydroxyl groups excluding tert-OH is 1. The quantitative estimate of drug-likeness (QED) is 0.0677. The van der Waals surface area contributed by atoms with E-state index in [1.165, 1.54) is 0 Å². The summed E-state index contributed by atoms with van der Waals surface area (Å²) in [5, 5.41) is 130. The normalized spacial score (nSPS) is 19.2. The van der Waals surface area contributed by atoms with Gasteiger partial charge in [-0.1, -0.05) is 0 Å². The summed E-state index contributed by atoms with van der Waals surface area (Å²) in [5.74, 6) is -18.1. The molecule has 1 fully saturated rings. The number of aliphatic hydroxyl groups is 1. The van der Waals surface area contributed by atoms with Crippen LogP contribution in [0.1, 0.15) is 47.9 Å². The van der Waals surface area contributed by atoms with Gasteiger partial charge in [0.1, 0.15) is 18.3 Å². The molecule has 1 aliphatic rings. The number of ether oxygens (including phenoxy) is 4. The molecule has 0 radical (unpaired) electrons. The van der Waals surface area contributed by atoms with Gasteiger partial charge in [0, 0.05) is 6.42 Å². The van der Waals surface area contributed by atoms with Crippen molar-refractivity contribution in [3.8, 4) is 69.0 Å². The number of carbonyl (C=O) groups excluding carboxylic acids is 4. The average molecular weight is 773 g/mol. The van der Waals surface area contributed by atoms with Crippen LogP contribution in [0.3, 0.4) is 0 Å². The van der Waals surface area contributed by atoms with Gasteiger partial charge in [-0.3, -0.25) is 0 Å². The fraction of sp³-hybridized carbons (Fsp3) is 0.176. The van der Waals surface area contributed by atoms with Gasteiger partial charge in [0.05, 0.1) is 22.3 Å². The molecule has 0 amide bonds. The molecule has 5 rings (SSSR count). The largest absolute Gasteiger partial charge is 0.504 e. The second-order valence-electron chi connectivity index (χ2n) is 11.8. The average Bonchev–Trinajstić information content (AvgIpc) is 3.12. The molecular formula is C34H28O21. The molecule has 55 heavy (non-hydrogen) atoms. The summed E-state index contributed by atoms with van der Waals surface area (Å²) >= 11 is 0. The number of hydrogen-bond acceptors (Lipinski definition) is 21. The monoisotopic (exact) mass is 772 g/mol. The number of rotatable bonds is 8. The fourth-order valence-corrected chi connectivity index (χ4v) is 5.32. The maximum Gasteiger partial charge on any atom is 0.338 e. The van der Waals surface area contributed by atoms with Crippen molar-refractivity contribution in [1.29, 1.82) is 0 Å². The van der Waals surface area contributed by atoms with E-state index in [-0.39, 0.29) is 0 Å². The maximum atomic E-state index is 13.4. The molecule has 0 saturated heterocycles. The van der Waals surface area contributed by atoms with Crippen LogP contribution in [-0.4, -0.2) is 121 Å². The van der Waals surface area contributed by atoms with Crippen LogP contribution in [0, 0.1) is 0 Å². The van der Waals surface area contributed by atoms with Gasteiger partial charge in [-0.25, -0.2) is 19.2 Å². The first-order chi connectivity index (χ1) is 25.8. The summed E-state index contributed by atoms with van der Waals surface area (Å²) in [4.78, 5) is 53.3. The molecule has 0 aliphatic heterocycles. The lowest BCUT2D eigenvalue weighted by Crippen LogP contribution is -2.60. The van der Waals surface area contributed by atoms with Crippen LogP contribution in [0.2, 0.25) is 0 Å². The highest BCUT2D eigenvalue weighted by molar-refractivity contribution is 5.94. The van der Waals surface area contributed by atoms with Gasteiger partial charge in [-0.2, -0.15) is 0 Å². The predicted octanol–water partition coefficient (Wildman–Crippen LogP) is 1.12. The van der Waals surface area contributed by atoms with Crippen LogP contribution >= 0.6 is 0 Å². The van der Waals surface area contributed by atoms with Crippen molar-refractivity contribution < 1.29 is 105 Å². The van der Waals surface area contributed by atoms with Crippen LogP contribution in [0.25, 0.3) is 0 Å². The molecule has 1 aliphatic carbocycles. The minimum atomic E-state index is -2.29. The summed E-state index contributed by atoms with van der Waals surface area (Å²) in [6.45, 7) is 0. The Morgan fingerprint density at radius 3 is 0.909 bits per heavy atom. The lowest BCUT2D eigenvalue weighted by Gasteiger charge is -2.42. The molecule has 21 nitrogen and oxygen atoms in total. The highest BCUT2D eigenvalue weighted by atomic mass is 16.6. The standard InChI is InChI=1S/C34H28O21/c35-14-1-10(2-15(36)24(14)43)31(48)52-22-9-23(53-32(49)11-3-16(37)25(44)17(38)4-11)29(54-33(50)12-5-18(39)26(45)19(40)6-12)30(28(22)47)55-34(51)13-7-20(41)27(46)21(42)8-13/h1-8,22-23,28-30,35-47H,9H2/t22-,23-,28+,29+,30+/m1/s1. The summed E-state index contributed by atoms with van der Waals surface area (Å²) in [5.41, 5.74) is -2.65. The molecule has 0 aromatic heterocycles. The Labute approximate surface area is 305 Å². The molecule has 4 aromatic rings. The first-order valence-electron chi connectivity index (χ1n) is 15.3. The van der Waals surface area contributed by atoms with Crippen molar-refractivity contribution in [2.24, 2.45) is 0 Å². The van der Waals surface area contributed by atoms with Crippen molar-refractivity contribution in [2.75, 3.05) is 0 Å². The van der Waals surface area contributed by atoms with E-state index in [1.54, 1.807) is 0 Å². The third-order valence-corrected chi connectivity index (χ3v) is 8.10. The van der Waals surface area contributed by atoms with E-state index >= 15 is 0 Å². The molecule has 0 bridgehead atoms. The van der Waals surface area contributed by atoms with Gasteiger partial charge in [0.25, 0.3) is 0 Å². The summed E-state index contributed by atoms with van der Waals surface area (Å²) in [6, 6.07) is 5.05. The van der Waals surface area contributed by atoms with Crippen LogP contribution in [-0.2, 0) is 18.9 Å². The molecule has 21 heteroatoms. The molecule has 5 atom stereocenters. The minimum absolute atomic E-state index is 0.609. The minimum Gasteiger partial charge on any atom is -0.504 e. The molecule has 4 aromatic carbocycles. The Balaban J connectivity index is 1.59. The van der Waals surface area contributed by atoms with Gasteiger partial charge in [0.2, 0.25) is 0 Å². The topological polar surface area (TPSA) is 368 Å². The van der Waals surface area contributed by atoms with Crippen molar-refractivity contribution >= 4 is 23.9 Å². The van der Waals surface area contributed by atoms with E-state index in [0.29, 0.717) is 48.5 Å². The van der Waals surface area contributed by atoms with Crippen LogP contribution in [0.4, 0.5) is 0 Å². The third-order valence-electron chi connectivity index (χ3n) is 8.10. The summed E-state index contributed by atoms with van der Waals surface area (Å²) in [6.07, 6.45) is -11.5. The Bertz CT molecular complexity index is 2120. The Hall–Kier alpha value is -7.68. The van der Waals surface area contributed by atoms with Crippen molar-refractivity contribution in [1.82, 2.24) is 0 Å². The van der Waals surface area contributed by atoms with Crippen molar-refractivity contribution in [3.05, 3.63) is 70.8 Å². The number of phenolic OH excluding ortho intramolecular Hbond substituents is 12. The SMILES string of the molecule is O=C(O[C@@H]1[C@@H](OC(=O)c2cc(O)c(O)c(O)c2)[C@@H](O)[C@H](OC(=O)c2cc(O)c(O)c(O)c2)C[C@H]1OC(=O)c1cc(O)c(O)c(O)c1)c1cc(O)c(O)c(O)c1. The number of esters is 4. The molecular weight excluding hydrogens is 744 g/mol. The molecule has 0 heterocycles. The zero-order valence-electron chi connectivity index (χ0n) is 27.3. The van der Waals surface area contributed by atoms with Crippen LogP contribution in [0.15, 0.2) is 48.5 Å². The van der Waals surface area contributed by atoms with E-state index in [9.17, 15) is 85.6 Å². The lowest BCUT2D eigenvalue weighted by atomic mass is 9.86. The number of aromatic hydroxyl groups is 12. The first-order valence-corrected chi connectivity index (χ1v) is 15.3. The van der Waals surface area contributed by atoms with Crippen molar-refractivity contribution in [2.45, 2.75) is 36.9 Å². The van der Waals surface area contributed by atoms with Gasteiger partial charge in [0.15, 0.2) is 81.2 Å². The van der Waals surface area contributed by atoms with E-state index in [2.05, 4.69) is 0 Å². The molecule has 0 spiro atoms. The second kappa shape index (κ2) is 14.7. The summed E-state index contributed by atoms with van der Waals surface area (Å²) in [7, 11) is 0. The Kier molecular flexibility index (Phi) is 10.3. The molecule has 0 unspecified atom stereocenters. The van der Waals surface area contributed by atoms with Crippen LogP contribution in [0.5, 0.6) is 69.0 Å². The highest BCUT2D eigenvalue weighted by Crippen LogP contribution is 2.41. The zero-order chi connectivity index (χ0) is 40.6. The van der Waals surface area contributed by atoms with Crippen LogP contribution < -0.4 is 0 Å². The Morgan fingerprint density at radius 1 is 0.382 bits per heavy atom. The third kappa shape index (κ3) is 7.75. The van der Waals surface area contributed by atoms with Gasteiger partial charge in [-0.15, -0.1) is 0 Å². The van der Waals surface area contributed by atoms with E-state index in [1.807, 2.05) is 0 Å². The van der Waals surface area contributed by atoms with Gasteiger partial charge in [-0.05, 0) is 48.5 Å². The number of benzene rings is 4. The van der Waals surface area contributed by atoms with Gasteiger partial charge < -0.3 is 85.3 Å². The fourth-order valence-electron chi connectivity index (χ4n) is 5.32. The molecule has 13 N–H and O–H groups in total. The predicted molar refractivity (Wildman–Crippen MR) is 173 cm³/mol. The zero-order valence-corrected chi connectivity index (χ0v) is 27.3. The molecule has 1 saturated carbocycles. The second-order valence-corrected chi connectivity index (χ2v) is 11.8. The Morgan fingerprint density at radius 2 is 0.618 bits per heavy atom. The highest BCUT2D eigenvalue weighted by Gasteiger charge is 2.52. The lowest BCUT2D eigenvalue weighted by molar-refractivity contribution is -0.181. The first kappa shape index (κ1) is 38.5. The number of hydrogen-bond donors (Lipinski definition) is 13. The molecule has 290 valence electrons. The summed E-state index contributed by atoms with van der Waals surface area (Å²) < 4.78 is 21.6. The van der Waals surface area contributed by atoms with Gasteiger partial charge >= 0.3 is 23.9 Å². The van der Waals surface area contributed by atoms with E-state index < -0.39 is 152 Å². The number of carbonyl (C=O) groups is 4. The smallest absolute Gasteiger partial charge is 0.338 e. The van der Waals surface area contributed by atoms with E-state index in [0.717, 1.165) is 0 Å². The van der Waals surface area contributed by atoms with E-state index in [4.69, 9.17) is 18.9 Å². The number of phenols is 12.